The number of nitrogens with zero attached hydrogens (tertiary/aromatic N) is 2. The molecule has 0 radical (unpaired) electrons. The fourth-order valence-electron chi connectivity index (χ4n) is 4.03. The Balaban J connectivity index is 1.88. The molecule has 0 aliphatic heterocycles. The summed E-state index contributed by atoms with van der Waals surface area (Å²) in [7, 11) is 2.22. The first-order valence-corrected chi connectivity index (χ1v) is 14.1. The van der Waals surface area contributed by atoms with E-state index in [0.717, 1.165) is 4.88 Å². The quantitative estimate of drug-likeness (QED) is 0.346. The second-order valence-electron chi connectivity index (χ2n) is 8.15. The highest BCUT2D eigenvalue weighted by molar-refractivity contribution is 7.89. The second kappa shape index (κ2) is 12.5. The standard InChI is InChI=1S/C26H33N3O7S2/c1-8-29(9-2)38(31,32)22-15-18(10-11-19(22)33-4)25-16(3)27-26(37-25)28-23(30)14-17-12-20(34-5)24(36-7)21(13-17)35-6/h10-13,15H,8-9,14H2,1-7H3,(H,27,28,30). The molecule has 38 heavy (non-hydrogen) atoms. The number of carbonyl (C=O) groups is 1. The minimum atomic E-state index is -3.76. The smallest absolute Gasteiger partial charge is 0.246 e. The van der Waals surface area contributed by atoms with Crippen molar-refractivity contribution in [3.63, 3.8) is 0 Å². The van der Waals surface area contributed by atoms with E-state index in [9.17, 15) is 13.2 Å². The van der Waals surface area contributed by atoms with Gasteiger partial charge in [0, 0.05) is 13.1 Å². The Morgan fingerprint density at radius 3 is 2.08 bits per heavy atom. The zero-order valence-electron chi connectivity index (χ0n) is 22.6. The highest BCUT2D eigenvalue weighted by atomic mass is 32.2. The van der Waals surface area contributed by atoms with E-state index < -0.39 is 10.0 Å². The van der Waals surface area contributed by atoms with E-state index in [-0.39, 0.29) is 23.0 Å². The molecule has 0 atom stereocenters. The van der Waals surface area contributed by atoms with Crippen molar-refractivity contribution in [3.05, 3.63) is 41.6 Å². The summed E-state index contributed by atoms with van der Waals surface area (Å²) in [5, 5.41) is 3.24. The third kappa shape index (κ3) is 6.03. The normalized spacial score (nSPS) is 11.4. The SMILES string of the molecule is CCN(CC)S(=O)(=O)c1cc(-c2sc(NC(=O)Cc3cc(OC)c(OC)c(OC)c3)nc2C)ccc1OC. The molecular weight excluding hydrogens is 530 g/mol. The third-order valence-electron chi connectivity index (χ3n) is 5.88. The van der Waals surface area contributed by atoms with Crippen molar-refractivity contribution < 1.29 is 32.2 Å². The molecule has 0 bridgehead atoms. The average molecular weight is 564 g/mol. The van der Waals surface area contributed by atoms with Crippen LogP contribution in [-0.2, 0) is 21.2 Å². The molecule has 0 saturated heterocycles. The number of nitrogens with one attached hydrogen (secondary N) is 1. The van der Waals surface area contributed by atoms with Crippen LogP contribution in [0.25, 0.3) is 10.4 Å². The van der Waals surface area contributed by atoms with Gasteiger partial charge in [-0.15, -0.1) is 0 Å². The van der Waals surface area contributed by atoms with Crippen molar-refractivity contribution >= 4 is 32.4 Å². The number of benzene rings is 2. The van der Waals surface area contributed by atoms with Crippen molar-refractivity contribution in [3.8, 4) is 33.4 Å². The summed E-state index contributed by atoms with van der Waals surface area (Å²) in [6.07, 6.45) is 0.0550. The van der Waals surface area contributed by atoms with Crippen molar-refractivity contribution in [2.45, 2.75) is 32.1 Å². The molecule has 1 heterocycles. The summed E-state index contributed by atoms with van der Waals surface area (Å²) in [5.41, 5.74) is 2.00. The lowest BCUT2D eigenvalue weighted by atomic mass is 10.1. The van der Waals surface area contributed by atoms with Crippen LogP contribution in [-0.4, -0.2) is 65.1 Å². The molecule has 12 heteroatoms. The number of hydrogen-bond acceptors (Lipinski definition) is 9. The number of rotatable bonds is 12. The van der Waals surface area contributed by atoms with Crippen LogP contribution in [0.15, 0.2) is 35.2 Å². The number of hydrogen-bond donors (Lipinski definition) is 1. The van der Waals surface area contributed by atoms with Crippen molar-refractivity contribution in [2.24, 2.45) is 0 Å². The number of ether oxygens (including phenoxy) is 4. The maximum Gasteiger partial charge on any atom is 0.246 e. The monoisotopic (exact) mass is 563 g/mol. The summed E-state index contributed by atoms with van der Waals surface area (Å²) in [5.74, 6) is 1.34. The number of anilines is 1. The zero-order valence-corrected chi connectivity index (χ0v) is 24.2. The highest BCUT2D eigenvalue weighted by Gasteiger charge is 2.27. The van der Waals surface area contributed by atoms with Crippen LogP contribution in [0.2, 0.25) is 0 Å². The van der Waals surface area contributed by atoms with Crippen LogP contribution in [0.4, 0.5) is 5.13 Å². The summed E-state index contributed by atoms with van der Waals surface area (Å²) in [6.45, 7) is 6.07. The molecule has 0 aliphatic carbocycles. The summed E-state index contributed by atoms with van der Waals surface area (Å²) in [4.78, 5) is 18.2. The minimum Gasteiger partial charge on any atom is -0.495 e. The number of amides is 1. The van der Waals surface area contributed by atoms with Gasteiger partial charge in [-0.05, 0) is 48.4 Å². The Bertz CT molecular complexity index is 1370. The molecule has 0 fully saturated rings. The zero-order chi connectivity index (χ0) is 28.0. The molecule has 0 spiro atoms. The Morgan fingerprint density at radius 2 is 1.55 bits per heavy atom. The third-order valence-corrected chi connectivity index (χ3v) is 9.07. The summed E-state index contributed by atoms with van der Waals surface area (Å²) >= 11 is 1.26. The molecular formula is C26H33N3O7S2. The van der Waals surface area contributed by atoms with E-state index in [2.05, 4.69) is 10.3 Å². The number of aromatic nitrogens is 1. The topological polar surface area (TPSA) is 116 Å². The number of carbonyl (C=O) groups excluding carboxylic acids is 1. The molecule has 10 nitrogen and oxygen atoms in total. The molecule has 1 amide bonds. The molecule has 0 unspecified atom stereocenters. The first-order chi connectivity index (χ1) is 18.1. The van der Waals surface area contributed by atoms with Gasteiger partial charge >= 0.3 is 0 Å². The van der Waals surface area contributed by atoms with E-state index in [1.807, 2.05) is 6.92 Å². The van der Waals surface area contributed by atoms with Gasteiger partial charge in [0.25, 0.3) is 0 Å². The van der Waals surface area contributed by atoms with Crippen LogP contribution in [0.1, 0.15) is 25.1 Å². The highest BCUT2D eigenvalue weighted by Crippen LogP contribution is 2.39. The second-order valence-corrected chi connectivity index (χ2v) is 11.1. The van der Waals surface area contributed by atoms with E-state index in [1.165, 1.54) is 44.1 Å². The Hall–Kier alpha value is -3.35. The van der Waals surface area contributed by atoms with Gasteiger partial charge in [-0.3, -0.25) is 4.79 Å². The van der Waals surface area contributed by atoms with Crippen LogP contribution >= 0.6 is 11.3 Å². The van der Waals surface area contributed by atoms with Gasteiger partial charge in [-0.1, -0.05) is 25.2 Å². The molecule has 1 N–H and O–H groups in total. The minimum absolute atomic E-state index is 0.0550. The number of methoxy groups -OCH3 is 4. The van der Waals surface area contributed by atoms with Crippen molar-refractivity contribution in [2.75, 3.05) is 46.8 Å². The predicted octanol–water partition coefficient (Wildman–Crippen LogP) is 4.36. The Labute approximate surface area is 227 Å². The van der Waals surface area contributed by atoms with E-state index >= 15 is 0 Å². The van der Waals surface area contributed by atoms with E-state index in [4.69, 9.17) is 18.9 Å². The van der Waals surface area contributed by atoms with Gasteiger partial charge in [0.2, 0.25) is 21.7 Å². The maximum atomic E-state index is 13.2. The van der Waals surface area contributed by atoms with Crippen LogP contribution < -0.4 is 24.3 Å². The van der Waals surface area contributed by atoms with Gasteiger partial charge in [0.05, 0.1) is 45.4 Å². The van der Waals surface area contributed by atoms with Gasteiger partial charge in [-0.25, -0.2) is 13.4 Å². The van der Waals surface area contributed by atoms with Gasteiger partial charge in [0.1, 0.15) is 10.6 Å². The Kier molecular flexibility index (Phi) is 9.58. The first-order valence-electron chi connectivity index (χ1n) is 11.9. The lowest BCUT2D eigenvalue weighted by Gasteiger charge is -2.20. The van der Waals surface area contributed by atoms with Crippen LogP contribution in [0.5, 0.6) is 23.0 Å². The molecule has 3 rings (SSSR count). The van der Waals surface area contributed by atoms with Gasteiger partial charge in [0.15, 0.2) is 16.6 Å². The number of sulfonamides is 1. The van der Waals surface area contributed by atoms with E-state index in [0.29, 0.717) is 52.3 Å². The van der Waals surface area contributed by atoms with Crippen molar-refractivity contribution in [1.29, 1.82) is 0 Å². The lowest BCUT2D eigenvalue weighted by Crippen LogP contribution is -2.30. The summed E-state index contributed by atoms with van der Waals surface area (Å²) < 4.78 is 49.3. The lowest BCUT2D eigenvalue weighted by molar-refractivity contribution is -0.115. The molecule has 206 valence electrons. The molecule has 2 aromatic carbocycles. The fraction of sp³-hybridized carbons (Fsp3) is 0.385. The molecule has 1 aromatic heterocycles. The first kappa shape index (κ1) is 29.2. The molecule has 0 aliphatic rings. The number of aryl methyl sites for hydroxylation is 1. The average Bonchev–Trinajstić information content (AvgIpc) is 3.27. The number of thiazole rings is 1. The van der Waals surface area contributed by atoms with Gasteiger partial charge < -0.3 is 24.3 Å². The van der Waals surface area contributed by atoms with Crippen LogP contribution in [0.3, 0.4) is 0 Å². The fourth-order valence-corrected chi connectivity index (χ4v) is 6.64. The van der Waals surface area contributed by atoms with Gasteiger partial charge in [-0.2, -0.15) is 4.31 Å². The largest absolute Gasteiger partial charge is 0.495 e. The van der Waals surface area contributed by atoms with E-state index in [1.54, 1.807) is 44.2 Å². The Morgan fingerprint density at radius 1 is 0.947 bits per heavy atom. The maximum absolute atomic E-state index is 13.2. The molecule has 3 aromatic rings. The summed E-state index contributed by atoms with van der Waals surface area (Å²) in [6, 6.07) is 8.44. The van der Waals surface area contributed by atoms with Crippen molar-refractivity contribution in [1.82, 2.24) is 9.29 Å². The van der Waals surface area contributed by atoms with Crippen LogP contribution in [0, 0.1) is 6.92 Å². The predicted molar refractivity (Wildman–Crippen MR) is 147 cm³/mol. The molecule has 0 saturated carbocycles.